The summed E-state index contributed by atoms with van der Waals surface area (Å²) in [6.45, 7) is 6.21. The highest BCUT2D eigenvalue weighted by atomic mass is 15.2. The smallest absolute Gasteiger partial charge is 0.105 e. The highest BCUT2D eigenvalue weighted by Crippen LogP contribution is 2.23. The first-order valence-corrected chi connectivity index (χ1v) is 6.80. The molecular formula is C15H20N4. The van der Waals surface area contributed by atoms with Crippen LogP contribution in [0.5, 0.6) is 0 Å². The molecule has 1 aliphatic rings. The lowest BCUT2D eigenvalue weighted by molar-refractivity contribution is 0.243. The second-order valence-corrected chi connectivity index (χ2v) is 5.18. The van der Waals surface area contributed by atoms with E-state index in [2.05, 4.69) is 26.6 Å². The summed E-state index contributed by atoms with van der Waals surface area (Å²) in [5.41, 5.74) is 9.70. The molecule has 0 fully saturated rings. The average molecular weight is 256 g/mol. The van der Waals surface area contributed by atoms with Crippen LogP contribution in [0.1, 0.15) is 17.0 Å². The zero-order valence-electron chi connectivity index (χ0n) is 11.3. The number of imidazole rings is 1. The largest absolute Gasteiger partial charge is 0.398 e. The topological polar surface area (TPSA) is 47.1 Å². The summed E-state index contributed by atoms with van der Waals surface area (Å²) in [5.74, 6) is 1.08. The van der Waals surface area contributed by atoms with Gasteiger partial charge in [-0.3, -0.25) is 4.90 Å². The van der Waals surface area contributed by atoms with Crippen LogP contribution in [0.15, 0.2) is 30.6 Å². The molecule has 2 aromatic rings. The number of hydrogen-bond acceptors (Lipinski definition) is 3. The number of aryl methyl sites for hydroxylation is 1. The van der Waals surface area contributed by atoms with Crippen LogP contribution in [0.25, 0.3) is 0 Å². The molecule has 0 saturated carbocycles. The fraction of sp³-hybridized carbons (Fsp3) is 0.400. The van der Waals surface area contributed by atoms with Crippen LogP contribution in [0, 0.1) is 6.92 Å². The molecule has 0 atom stereocenters. The monoisotopic (exact) mass is 256 g/mol. The first kappa shape index (κ1) is 12.2. The van der Waals surface area contributed by atoms with Gasteiger partial charge in [-0.1, -0.05) is 12.1 Å². The van der Waals surface area contributed by atoms with Crippen LogP contribution < -0.4 is 5.73 Å². The van der Waals surface area contributed by atoms with E-state index in [1.807, 2.05) is 25.4 Å². The molecule has 4 heteroatoms. The van der Waals surface area contributed by atoms with Gasteiger partial charge in [0.2, 0.25) is 0 Å². The van der Waals surface area contributed by atoms with Gasteiger partial charge in [-0.05, 0) is 30.5 Å². The second kappa shape index (κ2) is 5.05. The summed E-state index contributed by atoms with van der Waals surface area (Å²) >= 11 is 0. The number of fused-ring (bicyclic) bond motifs is 1. The van der Waals surface area contributed by atoms with Crippen molar-refractivity contribution < 1.29 is 0 Å². The van der Waals surface area contributed by atoms with E-state index in [0.717, 1.165) is 44.1 Å². The van der Waals surface area contributed by atoms with Crippen molar-refractivity contribution in [1.82, 2.24) is 14.5 Å². The molecule has 3 rings (SSSR count). The molecule has 19 heavy (non-hydrogen) atoms. The molecule has 1 aliphatic heterocycles. The SMILES string of the molecule is Cc1nccn1CCN1CCc2c(N)cccc2C1. The van der Waals surface area contributed by atoms with E-state index in [1.165, 1.54) is 11.1 Å². The molecule has 0 bridgehead atoms. The number of nitrogens with zero attached hydrogens (tertiary/aromatic N) is 3. The lowest BCUT2D eigenvalue weighted by Gasteiger charge is -2.29. The van der Waals surface area contributed by atoms with Gasteiger partial charge >= 0.3 is 0 Å². The van der Waals surface area contributed by atoms with E-state index in [1.54, 1.807) is 0 Å². The molecule has 2 heterocycles. The molecular weight excluding hydrogens is 236 g/mol. The van der Waals surface area contributed by atoms with Gasteiger partial charge < -0.3 is 10.3 Å². The van der Waals surface area contributed by atoms with Gasteiger partial charge in [0.05, 0.1) is 0 Å². The first-order chi connectivity index (χ1) is 9.24. The molecule has 0 saturated heterocycles. The van der Waals surface area contributed by atoms with Gasteiger partial charge in [-0.15, -0.1) is 0 Å². The zero-order valence-corrected chi connectivity index (χ0v) is 11.3. The van der Waals surface area contributed by atoms with Crippen molar-refractivity contribution in [3.63, 3.8) is 0 Å². The maximum absolute atomic E-state index is 6.03. The van der Waals surface area contributed by atoms with Gasteiger partial charge in [-0.2, -0.15) is 0 Å². The Kier molecular flexibility index (Phi) is 3.25. The Morgan fingerprint density at radius 1 is 1.32 bits per heavy atom. The molecule has 0 spiro atoms. The number of rotatable bonds is 3. The number of aromatic nitrogens is 2. The van der Waals surface area contributed by atoms with Crippen molar-refractivity contribution in [2.24, 2.45) is 0 Å². The third kappa shape index (κ3) is 2.49. The predicted octanol–water partition coefficient (Wildman–Crippen LogP) is 1.83. The van der Waals surface area contributed by atoms with Crippen molar-refractivity contribution in [3.05, 3.63) is 47.5 Å². The minimum absolute atomic E-state index is 0.947. The number of benzene rings is 1. The van der Waals surface area contributed by atoms with Crippen molar-refractivity contribution in [2.75, 3.05) is 18.8 Å². The van der Waals surface area contributed by atoms with E-state index >= 15 is 0 Å². The quantitative estimate of drug-likeness (QED) is 0.852. The highest BCUT2D eigenvalue weighted by Gasteiger charge is 2.17. The van der Waals surface area contributed by atoms with Crippen LogP contribution in [-0.4, -0.2) is 27.5 Å². The van der Waals surface area contributed by atoms with Crippen molar-refractivity contribution in [3.8, 4) is 0 Å². The van der Waals surface area contributed by atoms with E-state index < -0.39 is 0 Å². The second-order valence-electron chi connectivity index (χ2n) is 5.18. The average Bonchev–Trinajstić information content (AvgIpc) is 2.82. The van der Waals surface area contributed by atoms with Crippen molar-refractivity contribution >= 4 is 5.69 Å². The highest BCUT2D eigenvalue weighted by molar-refractivity contribution is 5.51. The summed E-state index contributed by atoms with van der Waals surface area (Å²) in [7, 11) is 0. The Balaban J connectivity index is 1.65. The fourth-order valence-corrected chi connectivity index (χ4v) is 2.78. The minimum atomic E-state index is 0.947. The van der Waals surface area contributed by atoms with Crippen molar-refractivity contribution in [2.45, 2.75) is 26.4 Å². The van der Waals surface area contributed by atoms with Crippen LogP contribution in [0.4, 0.5) is 5.69 Å². The molecule has 0 amide bonds. The summed E-state index contributed by atoms with van der Waals surface area (Å²) in [6, 6.07) is 6.25. The Morgan fingerprint density at radius 2 is 2.21 bits per heavy atom. The van der Waals surface area contributed by atoms with E-state index in [0.29, 0.717) is 0 Å². The Morgan fingerprint density at radius 3 is 3.00 bits per heavy atom. The summed E-state index contributed by atoms with van der Waals surface area (Å²) in [4.78, 5) is 6.74. The van der Waals surface area contributed by atoms with Gasteiger partial charge in [-0.25, -0.2) is 4.98 Å². The maximum atomic E-state index is 6.03. The van der Waals surface area contributed by atoms with Gasteiger partial charge in [0, 0.05) is 44.3 Å². The third-order valence-corrected chi connectivity index (χ3v) is 3.96. The Hall–Kier alpha value is -1.81. The van der Waals surface area contributed by atoms with Gasteiger partial charge in [0.1, 0.15) is 5.82 Å². The molecule has 0 aliphatic carbocycles. The van der Waals surface area contributed by atoms with E-state index in [4.69, 9.17) is 5.73 Å². The standard InChI is InChI=1S/C15H20N4/c1-12-17-6-8-19(12)10-9-18-7-5-14-13(11-18)3-2-4-15(14)16/h2-4,6,8H,5,7,9-11,16H2,1H3. The zero-order chi connectivity index (χ0) is 13.2. The number of anilines is 1. The first-order valence-electron chi connectivity index (χ1n) is 6.80. The lowest BCUT2D eigenvalue weighted by atomic mass is 9.98. The fourth-order valence-electron chi connectivity index (χ4n) is 2.78. The predicted molar refractivity (Wildman–Crippen MR) is 76.8 cm³/mol. The van der Waals surface area contributed by atoms with Gasteiger partial charge in [0.25, 0.3) is 0 Å². The summed E-state index contributed by atoms with van der Waals surface area (Å²) < 4.78 is 2.20. The van der Waals surface area contributed by atoms with Crippen LogP contribution in [0.3, 0.4) is 0 Å². The number of hydrogen-bond donors (Lipinski definition) is 1. The van der Waals surface area contributed by atoms with Gasteiger partial charge in [0.15, 0.2) is 0 Å². The van der Waals surface area contributed by atoms with Crippen molar-refractivity contribution in [1.29, 1.82) is 0 Å². The normalized spacial score (nSPS) is 15.4. The van der Waals surface area contributed by atoms with Crippen LogP contribution in [0.2, 0.25) is 0 Å². The molecule has 0 unspecified atom stereocenters. The van der Waals surface area contributed by atoms with E-state index in [9.17, 15) is 0 Å². The van der Waals surface area contributed by atoms with Crippen LogP contribution in [-0.2, 0) is 19.5 Å². The molecule has 100 valence electrons. The van der Waals surface area contributed by atoms with E-state index in [-0.39, 0.29) is 0 Å². The molecule has 4 nitrogen and oxygen atoms in total. The Bertz CT molecular complexity index is 573. The number of nitrogens with two attached hydrogens (primary N) is 1. The van der Waals surface area contributed by atoms with Crippen LogP contribution >= 0.6 is 0 Å². The summed E-state index contributed by atoms with van der Waals surface area (Å²) in [5, 5.41) is 0. The minimum Gasteiger partial charge on any atom is -0.398 e. The Labute approximate surface area is 113 Å². The molecule has 1 aromatic carbocycles. The maximum Gasteiger partial charge on any atom is 0.105 e. The molecule has 0 radical (unpaired) electrons. The summed E-state index contributed by atoms with van der Waals surface area (Å²) in [6.07, 6.45) is 4.97. The third-order valence-electron chi connectivity index (χ3n) is 3.96. The number of nitrogen functional groups attached to an aromatic ring is 1. The molecule has 1 aromatic heterocycles. The molecule has 2 N–H and O–H groups in total. The lowest BCUT2D eigenvalue weighted by Crippen LogP contribution is -2.33.